The summed E-state index contributed by atoms with van der Waals surface area (Å²) < 4.78 is 22.4. The number of hydrogen-bond acceptors (Lipinski definition) is 6. The highest BCUT2D eigenvalue weighted by atomic mass is 32.2. The Balaban J connectivity index is 1.84. The number of sulfonamides is 1. The van der Waals surface area contributed by atoms with Gasteiger partial charge < -0.3 is 10.6 Å². The lowest BCUT2D eigenvalue weighted by molar-refractivity contribution is -0.118. The number of rotatable bonds is 7. The molecule has 0 aliphatic heterocycles. The summed E-state index contributed by atoms with van der Waals surface area (Å²) in [6.45, 7) is 4.20. The second kappa shape index (κ2) is 8.04. The molecular weight excluding hydrogens is 342 g/mol. The van der Waals surface area contributed by atoms with Crippen molar-refractivity contribution in [2.45, 2.75) is 25.2 Å². The summed E-state index contributed by atoms with van der Waals surface area (Å²) in [5.41, 5.74) is 0.966. The number of nitrogens with two attached hydrogens (primary N) is 1. The van der Waals surface area contributed by atoms with Crippen LogP contribution in [0, 0.1) is 5.92 Å². The van der Waals surface area contributed by atoms with Crippen LogP contribution in [0.25, 0.3) is 0 Å². The largest absolute Gasteiger partial charge is 0.368 e. The molecule has 0 saturated carbocycles. The van der Waals surface area contributed by atoms with Crippen molar-refractivity contribution in [2.24, 2.45) is 11.1 Å². The highest BCUT2D eigenvalue weighted by Crippen LogP contribution is 2.10. The normalized spacial score (nSPS) is 11.4. The van der Waals surface area contributed by atoms with E-state index in [1.54, 1.807) is 38.1 Å². The molecule has 25 heavy (non-hydrogen) atoms. The van der Waals surface area contributed by atoms with Crippen molar-refractivity contribution in [1.82, 2.24) is 10.2 Å². The third-order valence-electron chi connectivity index (χ3n) is 3.41. The first-order valence-electron chi connectivity index (χ1n) is 7.76. The van der Waals surface area contributed by atoms with Crippen LogP contribution in [-0.4, -0.2) is 31.1 Å². The lowest BCUT2D eigenvalue weighted by Gasteiger charge is -2.08. The molecule has 1 amide bonds. The minimum atomic E-state index is -3.67. The Bertz CT molecular complexity index is 818. The van der Waals surface area contributed by atoms with E-state index in [-0.39, 0.29) is 16.7 Å². The Morgan fingerprint density at radius 3 is 2.20 bits per heavy atom. The number of aromatic nitrogens is 2. The zero-order chi connectivity index (χ0) is 18.4. The van der Waals surface area contributed by atoms with Crippen molar-refractivity contribution in [2.75, 3.05) is 17.2 Å². The number of nitrogens with one attached hydrogen (secondary N) is 2. The van der Waals surface area contributed by atoms with Crippen LogP contribution >= 0.6 is 0 Å². The Morgan fingerprint density at radius 2 is 1.68 bits per heavy atom. The van der Waals surface area contributed by atoms with E-state index in [1.165, 1.54) is 12.1 Å². The minimum absolute atomic E-state index is 0.0918. The monoisotopic (exact) mass is 363 g/mol. The first kappa shape index (κ1) is 18.8. The van der Waals surface area contributed by atoms with Crippen LogP contribution in [0.4, 0.5) is 11.6 Å². The van der Waals surface area contributed by atoms with Gasteiger partial charge in [0.05, 0.1) is 4.90 Å². The van der Waals surface area contributed by atoms with Crippen LogP contribution in [0.2, 0.25) is 0 Å². The average molecular weight is 363 g/mol. The van der Waals surface area contributed by atoms with Gasteiger partial charge in [-0.05, 0) is 36.2 Å². The van der Waals surface area contributed by atoms with Crippen LogP contribution in [0.15, 0.2) is 41.3 Å². The van der Waals surface area contributed by atoms with E-state index in [1.807, 2.05) is 0 Å². The summed E-state index contributed by atoms with van der Waals surface area (Å²) in [6.07, 6.45) is 0.679. The van der Waals surface area contributed by atoms with Gasteiger partial charge in [0.15, 0.2) is 5.82 Å². The predicted octanol–water partition coefficient (Wildman–Crippen LogP) is 1.37. The second-order valence-corrected chi connectivity index (χ2v) is 7.37. The number of anilines is 2. The molecule has 0 aliphatic carbocycles. The molecule has 9 heteroatoms. The molecule has 0 fully saturated rings. The number of nitrogens with zero attached hydrogens (tertiary/aromatic N) is 2. The Labute approximate surface area is 146 Å². The summed E-state index contributed by atoms with van der Waals surface area (Å²) in [7, 11) is -3.67. The van der Waals surface area contributed by atoms with Gasteiger partial charge in [0.25, 0.3) is 0 Å². The number of amides is 1. The molecular formula is C16H21N5O3S. The summed E-state index contributed by atoms with van der Waals surface area (Å²) in [5, 5.41) is 18.8. The number of hydrogen-bond donors (Lipinski definition) is 3. The fourth-order valence-electron chi connectivity index (χ4n) is 1.94. The van der Waals surface area contributed by atoms with E-state index in [0.29, 0.717) is 24.6 Å². The van der Waals surface area contributed by atoms with Gasteiger partial charge >= 0.3 is 0 Å². The van der Waals surface area contributed by atoms with E-state index < -0.39 is 10.0 Å². The van der Waals surface area contributed by atoms with Gasteiger partial charge in [-0.25, -0.2) is 13.6 Å². The fourth-order valence-corrected chi connectivity index (χ4v) is 2.46. The molecule has 2 rings (SSSR count). The minimum Gasteiger partial charge on any atom is -0.368 e. The maximum absolute atomic E-state index is 11.6. The summed E-state index contributed by atoms with van der Waals surface area (Å²) in [4.78, 5) is 11.7. The Hall–Kier alpha value is -2.52. The van der Waals surface area contributed by atoms with E-state index >= 15 is 0 Å². The zero-order valence-electron chi connectivity index (χ0n) is 14.1. The third-order valence-corrected chi connectivity index (χ3v) is 4.34. The summed E-state index contributed by atoms with van der Waals surface area (Å²) >= 11 is 0. The highest BCUT2D eigenvalue weighted by Gasteiger charge is 2.08. The lowest BCUT2D eigenvalue weighted by Crippen LogP contribution is -2.19. The zero-order valence-corrected chi connectivity index (χ0v) is 14.9. The fraction of sp³-hybridized carbons (Fsp3) is 0.312. The number of benzene rings is 1. The molecule has 2 aromatic rings. The van der Waals surface area contributed by atoms with Crippen molar-refractivity contribution in [1.29, 1.82) is 0 Å². The first-order valence-corrected chi connectivity index (χ1v) is 9.30. The van der Waals surface area contributed by atoms with Gasteiger partial charge in [-0.2, -0.15) is 0 Å². The maximum atomic E-state index is 11.6. The average Bonchev–Trinajstić information content (AvgIpc) is 2.56. The standard InChI is InChI=1S/C16H21N5O3S/c1-11(2)16(22)19-15-8-7-14(20-21-15)18-10-9-12-3-5-13(6-4-12)25(17,23)24/h3-8,11H,9-10H2,1-2H3,(H,18,20)(H2,17,23,24)(H,19,21,22). The van der Waals surface area contributed by atoms with Gasteiger partial charge in [0.2, 0.25) is 15.9 Å². The van der Waals surface area contributed by atoms with Crippen molar-refractivity contribution in [3.8, 4) is 0 Å². The van der Waals surface area contributed by atoms with Gasteiger partial charge in [-0.15, -0.1) is 10.2 Å². The molecule has 0 unspecified atom stereocenters. The SMILES string of the molecule is CC(C)C(=O)Nc1ccc(NCCc2ccc(S(N)(=O)=O)cc2)nn1. The maximum Gasteiger partial charge on any atom is 0.238 e. The molecule has 8 nitrogen and oxygen atoms in total. The smallest absolute Gasteiger partial charge is 0.238 e. The quantitative estimate of drug-likeness (QED) is 0.682. The molecule has 1 aromatic heterocycles. The summed E-state index contributed by atoms with van der Waals surface area (Å²) in [6, 6.07) is 9.81. The molecule has 0 radical (unpaired) electrons. The molecule has 0 saturated heterocycles. The molecule has 1 heterocycles. The van der Waals surface area contributed by atoms with Crippen molar-refractivity contribution in [3.63, 3.8) is 0 Å². The molecule has 4 N–H and O–H groups in total. The Kier molecular flexibility index (Phi) is 6.05. The number of primary sulfonamides is 1. The molecule has 134 valence electrons. The van der Waals surface area contributed by atoms with Gasteiger partial charge in [-0.1, -0.05) is 26.0 Å². The van der Waals surface area contributed by atoms with Crippen molar-refractivity contribution in [3.05, 3.63) is 42.0 Å². The lowest BCUT2D eigenvalue weighted by atomic mass is 10.1. The van der Waals surface area contributed by atoms with Crippen molar-refractivity contribution >= 4 is 27.6 Å². The number of carbonyl (C=O) groups excluding carboxylic acids is 1. The van der Waals surface area contributed by atoms with Crippen LogP contribution in [-0.2, 0) is 21.2 Å². The third kappa shape index (κ3) is 5.80. The highest BCUT2D eigenvalue weighted by molar-refractivity contribution is 7.89. The topological polar surface area (TPSA) is 127 Å². The summed E-state index contributed by atoms with van der Waals surface area (Å²) in [5.74, 6) is 0.754. The van der Waals surface area contributed by atoms with E-state index in [9.17, 15) is 13.2 Å². The van der Waals surface area contributed by atoms with Gasteiger partial charge in [0.1, 0.15) is 5.82 Å². The van der Waals surface area contributed by atoms with E-state index in [0.717, 1.165) is 5.56 Å². The molecule has 0 bridgehead atoms. The van der Waals surface area contributed by atoms with Gasteiger partial charge in [0, 0.05) is 12.5 Å². The molecule has 0 spiro atoms. The first-order chi connectivity index (χ1) is 11.8. The van der Waals surface area contributed by atoms with E-state index in [4.69, 9.17) is 5.14 Å². The van der Waals surface area contributed by atoms with Crippen LogP contribution < -0.4 is 15.8 Å². The molecule has 1 aromatic carbocycles. The van der Waals surface area contributed by atoms with Crippen LogP contribution in [0.5, 0.6) is 0 Å². The van der Waals surface area contributed by atoms with Crippen molar-refractivity contribution < 1.29 is 13.2 Å². The number of carbonyl (C=O) groups is 1. The molecule has 0 aliphatic rings. The Morgan fingerprint density at radius 1 is 1.08 bits per heavy atom. The second-order valence-electron chi connectivity index (χ2n) is 5.81. The predicted molar refractivity (Wildman–Crippen MR) is 95.5 cm³/mol. The van der Waals surface area contributed by atoms with Gasteiger partial charge in [-0.3, -0.25) is 4.79 Å². The van der Waals surface area contributed by atoms with Crippen LogP contribution in [0.1, 0.15) is 19.4 Å². The molecule has 0 atom stereocenters. The van der Waals surface area contributed by atoms with E-state index in [2.05, 4.69) is 20.8 Å². The van der Waals surface area contributed by atoms with Crippen LogP contribution in [0.3, 0.4) is 0 Å².